The maximum Gasteiger partial charge on any atom is 0.240 e. The summed E-state index contributed by atoms with van der Waals surface area (Å²) < 4.78 is 39.8. The molecule has 0 saturated carbocycles. The van der Waals surface area contributed by atoms with Gasteiger partial charge >= 0.3 is 0 Å². The molecule has 0 aromatic heterocycles. The van der Waals surface area contributed by atoms with E-state index < -0.39 is 21.4 Å². The predicted octanol–water partition coefficient (Wildman–Crippen LogP) is -1.94. The van der Waals surface area contributed by atoms with Crippen LogP contribution >= 0.6 is 0 Å². The summed E-state index contributed by atoms with van der Waals surface area (Å²) in [6, 6.07) is 14.6. The average Bonchev–Trinajstić information content (AvgIpc) is 2.68. The van der Waals surface area contributed by atoms with Gasteiger partial charge in [0, 0.05) is 25.8 Å². The summed E-state index contributed by atoms with van der Waals surface area (Å²) in [6.45, 7) is 2.90. The number of likely N-dealkylation sites (tertiary alicyclic amines) is 1. The maximum absolute atomic E-state index is 12.9. The summed E-state index contributed by atoms with van der Waals surface area (Å²) in [5, 5.41) is 10.9. The third kappa shape index (κ3) is 5.75. The zero-order valence-corrected chi connectivity index (χ0v) is 17.1. The van der Waals surface area contributed by atoms with Gasteiger partial charge in [-0.25, -0.2) is 17.5 Å². The van der Waals surface area contributed by atoms with Crippen molar-refractivity contribution >= 4 is 10.0 Å². The van der Waals surface area contributed by atoms with Gasteiger partial charge in [0.2, 0.25) is 10.0 Å². The predicted molar refractivity (Wildman–Crippen MR) is 101 cm³/mol. The molecule has 1 heterocycles. The van der Waals surface area contributed by atoms with Gasteiger partial charge in [-0.2, -0.15) is 0 Å². The second-order valence-electron chi connectivity index (χ2n) is 7.10. The molecule has 0 unspecified atom stereocenters. The highest BCUT2D eigenvalue weighted by molar-refractivity contribution is 7.89. The summed E-state index contributed by atoms with van der Waals surface area (Å²) >= 11 is 0. The number of hydrogen-bond donors (Lipinski definition) is 3. The summed E-state index contributed by atoms with van der Waals surface area (Å²) in [5.41, 5.74) is 0.214. The summed E-state index contributed by atoms with van der Waals surface area (Å²) in [5.74, 6) is -0.460. The van der Waals surface area contributed by atoms with Gasteiger partial charge in [0.25, 0.3) is 0 Å². The van der Waals surface area contributed by atoms with Crippen molar-refractivity contribution in [1.29, 1.82) is 0 Å². The molecule has 3 rings (SSSR count). The molecule has 2 aromatic rings. The Bertz CT molecular complexity index is 840. The van der Waals surface area contributed by atoms with Crippen LogP contribution < -0.4 is 22.0 Å². The van der Waals surface area contributed by atoms with Crippen LogP contribution in [0, 0.1) is 5.82 Å². The van der Waals surface area contributed by atoms with Crippen LogP contribution in [-0.2, 0) is 15.6 Å². The first-order valence-electron chi connectivity index (χ1n) is 9.26. The molecule has 154 valence electrons. The van der Waals surface area contributed by atoms with Crippen molar-refractivity contribution in [1.82, 2.24) is 4.72 Å². The Morgan fingerprint density at radius 1 is 1.04 bits per heavy atom. The zero-order valence-electron chi connectivity index (χ0n) is 15.6. The van der Waals surface area contributed by atoms with Gasteiger partial charge in [-0.1, -0.05) is 30.3 Å². The number of benzene rings is 2. The van der Waals surface area contributed by atoms with Crippen molar-refractivity contribution in [3.63, 3.8) is 0 Å². The minimum Gasteiger partial charge on any atom is -1.00 e. The lowest BCUT2D eigenvalue weighted by molar-refractivity contribution is -0.908. The molecule has 0 atom stereocenters. The van der Waals surface area contributed by atoms with E-state index in [0.29, 0.717) is 25.8 Å². The van der Waals surface area contributed by atoms with E-state index >= 15 is 0 Å². The van der Waals surface area contributed by atoms with E-state index in [0.717, 1.165) is 37.3 Å². The largest absolute Gasteiger partial charge is 1.00 e. The Kier molecular flexibility index (Phi) is 7.97. The maximum atomic E-state index is 12.9. The van der Waals surface area contributed by atoms with Gasteiger partial charge in [0.15, 0.2) is 0 Å². The number of halogens is 2. The highest BCUT2D eigenvalue weighted by Gasteiger charge is 2.35. The second kappa shape index (κ2) is 9.80. The minimum atomic E-state index is -3.60. The Morgan fingerprint density at radius 3 is 2.25 bits per heavy atom. The van der Waals surface area contributed by atoms with Crippen LogP contribution in [0.5, 0.6) is 0 Å². The van der Waals surface area contributed by atoms with Crippen LogP contribution in [0.4, 0.5) is 4.39 Å². The molecule has 28 heavy (non-hydrogen) atoms. The molecule has 0 aliphatic carbocycles. The first kappa shape index (κ1) is 22.8. The SMILES string of the molecule is O=S(=O)(NCCC[NH+]1CCC(O)(c2ccccc2)CC1)c1ccc(F)cc1.[Cl-]. The molecule has 2 aromatic carbocycles. The fourth-order valence-corrected chi connectivity index (χ4v) is 4.62. The molecule has 0 radical (unpaired) electrons. The Morgan fingerprint density at radius 2 is 1.64 bits per heavy atom. The topological polar surface area (TPSA) is 70.8 Å². The van der Waals surface area contributed by atoms with Crippen molar-refractivity contribution in [3.05, 3.63) is 66.0 Å². The van der Waals surface area contributed by atoms with E-state index in [9.17, 15) is 17.9 Å². The molecule has 5 nitrogen and oxygen atoms in total. The van der Waals surface area contributed by atoms with Gasteiger partial charge in [-0.05, 0) is 29.8 Å². The number of piperidine rings is 1. The number of aliphatic hydroxyl groups is 1. The second-order valence-corrected chi connectivity index (χ2v) is 8.87. The quantitative estimate of drug-likeness (QED) is 0.450. The summed E-state index contributed by atoms with van der Waals surface area (Å²) in [7, 11) is -3.60. The Balaban J connectivity index is 0.00000280. The first-order valence-corrected chi connectivity index (χ1v) is 10.7. The lowest BCUT2D eigenvalue weighted by atomic mass is 9.84. The molecule has 0 amide bonds. The molecule has 1 aliphatic heterocycles. The first-order chi connectivity index (χ1) is 12.9. The van der Waals surface area contributed by atoms with Gasteiger partial charge in [0.05, 0.1) is 24.5 Å². The Hall–Kier alpha value is -1.51. The molecule has 1 aliphatic rings. The normalized spacial score (nSPS) is 22.4. The molecule has 3 N–H and O–H groups in total. The number of nitrogens with one attached hydrogen (secondary N) is 2. The van der Waals surface area contributed by atoms with Crippen molar-refractivity contribution in [2.45, 2.75) is 29.8 Å². The smallest absolute Gasteiger partial charge is 0.240 e. The van der Waals surface area contributed by atoms with E-state index in [1.807, 2.05) is 30.3 Å². The summed E-state index contributed by atoms with van der Waals surface area (Å²) in [4.78, 5) is 1.44. The third-order valence-corrected chi connectivity index (χ3v) is 6.70. The number of hydrogen-bond acceptors (Lipinski definition) is 3. The van der Waals surface area contributed by atoms with E-state index in [1.165, 1.54) is 17.0 Å². The highest BCUT2D eigenvalue weighted by Crippen LogP contribution is 2.28. The fourth-order valence-electron chi connectivity index (χ4n) is 3.55. The number of rotatable bonds is 7. The van der Waals surface area contributed by atoms with E-state index in [4.69, 9.17) is 0 Å². The van der Waals surface area contributed by atoms with Crippen LogP contribution in [0.3, 0.4) is 0 Å². The van der Waals surface area contributed by atoms with E-state index in [1.54, 1.807) is 0 Å². The monoisotopic (exact) mass is 428 g/mol. The van der Waals surface area contributed by atoms with Gasteiger partial charge in [-0.15, -0.1) is 0 Å². The van der Waals surface area contributed by atoms with Crippen LogP contribution in [-0.4, -0.2) is 39.7 Å². The lowest BCUT2D eigenvalue weighted by Crippen LogP contribution is -3.13. The number of quaternary nitrogens is 1. The van der Waals surface area contributed by atoms with Crippen LogP contribution in [0.25, 0.3) is 0 Å². The molecule has 1 fully saturated rings. The van der Waals surface area contributed by atoms with Crippen LogP contribution in [0.1, 0.15) is 24.8 Å². The molecule has 0 spiro atoms. The van der Waals surface area contributed by atoms with Crippen molar-refractivity contribution < 1.29 is 35.2 Å². The van der Waals surface area contributed by atoms with Crippen LogP contribution in [0.15, 0.2) is 59.5 Å². The minimum absolute atomic E-state index is 0. The lowest BCUT2D eigenvalue weighted by Gasteiger charge is -2.36. The van der Waals surface area contributed by atoms with Crippen LogP contribution in [0.2, 0.25) is 0 Å². The number of sulfonamides is 1. The van der Waals surface area contributed by atoms with Crippen molar-refractivity contribution in [2.75, 3.05) is 26.2 Å². The molecule has 8 heteroatoms. The molecule has 0 bridgehead atoms. The standard InChI is InChI=1S/C20H25FN2O3S.ClH/c21-18-7-9-19(10-8-18)27(25,26)22-13-4-14-23-15-11-20(24,12-16-23)17-5-2-1-3-6-17;/h1-3,5-10,22,24H,4,11-16H2;1H. The molecular weight excluding hydrogens is 403 g/mol. The van der Waals surface area contributed by atoms with Gasteiger partial charge in [-0.3, -0.25) is 0 Å². The van der Waals surface area contributed by atoms with Crippen molar-refractivity contribution in [3.8, 4) is 0 Å². The Labute approximate surface area is 172 Å². The van der Waals surface area contributed by atoms with Gasteiger partial charge < -0.3 is 22.4 Å². The molecular formula is C20H26ClFN2O3S. The van der Waals surface area contributed by atoms with E-state index in [2.05, 4.69) is 4.72 Å². The zero-order chi connectivity index (χ0) is 19.3. The average molecular weight is 429 g/mol. The van der Waals surface area contributed by atoms with Crippen molar-refractivity contribution in [2.24, 2.45) is 0 Å². The summed E-state index contributed by atoms with van der Waals surface area (Å²) in [6.07, 6.45) is 2.11. The fraction of sp³-hybridized carbons (Fsp3) is 0.400. The van der Waals surface area contributed by atoms with Gasteiger partial charge in [0.1, 0.15) is 11.4 Å². The highest BCUT2D eigenvalue weighted by atomic mass is 35.5. The van der Waals surface area contributed by atoms with E-state index in [-0.39, 0.29) is 17.3 Å². The molecule has 1 saturated heterocycles. The third-order valence-electron chi connectivity index (χ3n) is 5.22.